The Balaban J connectivity index is 2.02. The van der Waals surface area contributed by atoms with Crippen LogP contribution in [0.15, 0.2) is 0 Å². The van der Waals surface area contributed by atoms with E-state index < -0.39 is 0 Å². The van der Waals surface area contributed by atoms with E-state index in [1.807, 2.05) is 0 Å². The van der Waals surface area contributed by atoms with E-state index in [0.717, 1.165) is 46.8 Å². The molecule has 0 radical (unpaired) electrons. The Kier molecular flexibility index (Phi) is 2.92. The van der Waals surface area contributed by atoms with E-state index in [1.165, 1.54) is 6.42 Å². The van der Waals surface area contributed by atoms with Crippen LogP contribution >= 0.6 is 0 Å². The van der Waals surface area contributed by atoms with Crippen LogP contribution in [0.2, 0.25) is 0 Å². The molecular formula is C16H30. The van der Waals surface area contributed by atoms with Crippen LogP contribution in [-0.4, -0.2) is 0 Å². The molecule has 1 spiro atoms. The number of rotatable bonds is 4. The Bertz CT molecular complexity index is 265. The summed E-state index contributed by atoms with van der Waals surface area (Å²) in [5.41, 5.74) is 0.786. The molecule has 0 aliphatic heterocycles. The zero-order valence-electron chi connectivity index (χ0n) is 12.2. The van der Waals surface area contributed by atoms with E-state index in [0.29, 0.717) is 0 Å². The highest BCUT2D eigenvalue weighted by molar-refractivity contribution is 5.27. The van der Waals surface area contributed by atoms with E-state index in [1.54, 1.807) is 0 Å². The summed E-state index contributed by atoms with van der Waals surface area (Å²) >= 11 is 0. The third kappa shape index (κ3) is 1.48. The van der Waals surface area contributed by atoms with Crippen molar-refractivity contribution in [3.63, 3.8) is 0 Å². The van der Waals surface area contributed by atoms with Crippen molar-refractivity contribution in [3.8, 4) is 0 Å². The first-order valence-electron chi connectivity index (χ1n) is 7.35. The molecule has 0 heteroatoms. The molecule has 94 valence electrons. The van der Waals surface area contributed by atoms with Gasteiger partial charge in [0.1, 0.15) is 0 Å². The maximum Gasteiger partial charge on any atom is -0.0176 e. The summed E-state index contributed by atoms with van der Waals surface area (Å²) in [5, 5.41) is 0. The van der Waals surface area contributed by atoms with Gasteiger partial charge in [0.05, 0.1) is 0 Å². The molecule has 0 aromatic carbocycles. The zero-order valence-corrected chi connectivity index (χ0v) is 12.2. The Morgan fingerprint density at radius 2 is 1.50 bits per heavy atom. The smallest absolute Gasteiger partial charge is 0.0176 e. The molecule has 16 heavy (non-hydrogen) atoms. The quantitative estimate of drug-likeness (QED) is 0.638. The molecule has 0 heterocycles. The second kappa shape index (κ2) is 3.75. The average molecular weight is 222 g/mol. The summed E-state index contributed by atoms with van der Waals surface area (Å²) in [5.74, 6) is 6.77. The highest BCUT2D eigenvalue weighted by atomic mass is 14.8. The first kappa shape index (κ1) is 12.5. The molecule has 2 aliphatic carbocycles. The lowest BCUT2D eigenvalue weighted by Crippen LogP contribution is -2.09. The van der Waals surface area contributed by atoms with Gasteiger partial charge >= 0.3 is 0 Å². The zero-order chi connectivity index (χ0) is 12.2. The maximum absolute atomic E-state index is 2.51. The van der Waals surface area contributed by atoms with Gasteiger partial charge in [0, 0.05) is 0 Å². The van der Waals surface area contributed by atoms with Crippen LogP contribution in [0.4, 0.5) is 0 Å². The first-order chi connectivity index (χ1) is 7.35. The van der Waals surface area contributed by atoms with E-state index in [9.17, 15) is 0 Å². The predicted molar refractivity (Wildman–Crippen MR) is 71.2 cm³/mol. The molecule has 2 fully saturated rings. The fourth-order valence-corrected chi connectivity index (χ4v) is 4.90. The molecule has 0 amide bonds. The molecule has 0 aromatic rings. The molecule has 2 rings (SSSR count). The van der Waals surface area contributed by atoms with Crippen LogP contribution in [-0.2, 0) is 0 Å². The first-order valence-corrected chi connectivity index (χ1v) is 7.35. The van der Waals surface area contributed by atoms with Crippen molar-refractivity contribution in [2.45, 2.75) is 54.9 Å². The second-order valence-corrected chi connectivity index (χ2v) is 7.44. The summed E-state index contributed by atoms with van der Waals surface area (Å²) in [4.78, 5) is 0. The lowest BCUT2D eigenvalue weighted by atomic mass is 9.90. The van der Waals surface area contributed by atoms with Crippen molar-refractivity contribution in [2.24, 2.45) is 46.8 Å². The van der Waals surface area contributed by atoms with Gasteiger partial charge in [0.25, 0.3) is 0 Å². The largest absolute Gasteiger partial charge is 0.0628 e. The molecule has 0 saturated heterocycles. The molecule has 2 aliphatic rings. The third-order valence-corrected chi connectivity index (χ3v) is 6.06. The van der Waals surface area contributed by atoms with E-state index in [-0.39, 0.29) is 0 Å². The van der Waals surface area contributed by atoms with Gasteiger partial charge in [-0.15, -0.1) is 0 Å². The Labute approximate surface area is 102 Å². The highest BCUT2D eigenvalue weighted by Crippen LogP contribution is 2.84. The molecule has 0 bridgehead atoms. The Morgan fingerprint density at radius 1 is 0.938 bits per heavy atom. The van der Waals surface area contributed by atoms with Gasteiger partial charge in [0.2, 0.25) is 0 Å². The fourth-order valence-electron chi connectivity index (χ4n) is 4.90. The van der Waals surface area contributed by atoms with E-state index in [2.05, 4.69) is 48.5 Å². The van der Waals surface area contributed by atoms with Crippen molar-refractivity contribution < 1.29 is 0 Å². The van der Waals surface area contributed by atoms with Crippen molar-refractivity contribution in [3.05, 3.63) is 0 Å². The maximum atomic E-state index is 2.51. The van der Waals surface area contributed by atoms with Crippen LogP contribution in [0, 0.1) is 46.8 Å². The third-order valence-electron chi connectivity index (χ3n) is 6.06. The van der Waals surface area contributed by atoms with Gasteiger partial charge in [-0.05, 0) is 53.3 Å². The van der Waals surface area contributed by atoms with Crippen molar-refractivity contribution >= 4 is 0 Å². The van der Waals surface area contributed by atoms with Crippen molar-refractivity contribution in [1.82, 2.24) is 0 Å². The number of hydrogen-bond acceptors (Lipinski definition) is 0. The Hall–Kier alpha value is 0. The van der Waals surface area contributed by atoms with Crippen LogP contribution in [0.3, 0.4) is 0 Å². The second-order valence-electron chi connectivity index (χ2n) is 7.44. The molecule has 0 N–H and O–H groups in total. The summed E-state index contributed by atoms with van der Waals surface area (Å²) in [6.07, 6.45) is 1.47. The minimum atomic E-state index is 0.786. The topological polar surface area (TPSA) is 0 Å². The molecule has 0 nitrogen and oxygen atoms in total. The van der Waals surface area contributed by atoms with Gasteiger partial charge in [-0.3, -0.25) is 0 Å². The molecule has 0 aromatic heterocycles. The average Bonchev–Trinajstić information content (AvgIpc) is 2.95. The van der Waals surface area contributed by atoms with Gasteiger partial charge < -0.3 is 0 Å². The van der Waals surface area contributed by atoms with Crippen molar-refractivity contribution in [1.29, 1.82) is 0 Å². The normalized spacial score (nSPS) is 47.8. The van der Waals surface area contributed by atoms with Crippen molar-refractivity contribution in [2.75, 3.05) is 0 Å². The molecule has 6 atom stereocenters. The van der Waals surface area contributed by atoms with Crippen LogP contribution in [0.25, 0.3) is 0 Å². The summed E-state index contributed by atoms with van der Waals surface area (Å²) in [6.45, 7) is 17.1. The van der Waals surface area contributed by atoms with Crippen LogP contribution in [0.1, 0.15) is 54.9 Å². The lowest BCUT2D eigenvalue weighted by molar-refractivity contribution is 0.334. The van der Waals surface area contributed by atoms with Gasteiger partial charge in [0.15, 0.2) is 0 Å². The number of hydrogen-bond donors (Lipinski definition) is 0. The van der Waals surface area contributed by atoms with Gasteiger partial charge in [-0.1, -0.05) is 48.5 Å². The van der Waals surface area contributed by atoms with E-state index in [4.69, 9.17) is 0 Å². The summed E-state index contributed by atoms with van der Waals surface area (Å²) in [7, 11) is 0. The SMILES string of the molecule is CC(C)CC1C(C)C12C(C)C2C(C)C(C)C. The minimum Gasteiger partial charge on any atom is -0.0628 e. The standard InChI is InChI=1S/C16H30/c1-9(2)8-14-12(6)16(14)13(7)15(16)11(5)10(3)4/h9-15H,8H2,1-7H3. The molecular weight excluding hydrogens is 192 g/mol. The molecule has 2 saturated carbocycles. The fraction of sp³-hybridized carbons (Fsp3) is 1.00. The van der Waals surface area contributed by atoms with Gasteiger partial charge in [-0.25, -0.2) is 0 Å². The minimum absolute atomic E-state index is 0.786. The van der Waals surface area contributed by atoms with Crippen LogP contribution < -0.4 is 0 Å². The Morgan fingerprint density at radius 3 is 1.94 bits per heavy atom. The van der Waals surface area contributed by atoms with Crippen LogP contribution in [0.5, 0.6) is 0 Å². The highest BCUT2D eigenvalue weighted by Gasteiger charge is 2.80. The predicted octanol–water partition coefficient (Wildman–Crippen LogP) is 4.84. The van der Waals surface area contributed by atoms with Gasteiger partial charge in [-0.2, -0.15) is 0 Å². The lowest BCUT2D eigenvalue weighted by Gasteiger charge is -2.15. The molecule has 6 unspecified atom stereocenters. The monoisotopic (exact) mass is 222 g/mol. The summed E-state index contributed by atoms with van der Waals surface area (Å²) in [6, 6.07) is 0. The van der Waals surface area contributed by atoms with E-state index >= 15 is 0 Å². The summed E-state index contributed by atoms with van der Waals surface area (Å²) < 4.78 is 0.